The number of carboxylic acid groups (broad SMARTS) is 3. The third-order valence-corrected chi connectivity index (χ3v) is 7.92. The summed E-state index contributed by atoms with van der Waals surface area (Å²) >= 11 is 0. The predicted molar refractivity (Wildman–Crippen MR) is 178 cm³/mol. The lowest BCUT2D eigenvalue weighted by Gasteiger charge is -2.29. The number of unbranched alkanes of at least 4 members (excludes halogenated alkanes) is 5. The molecular formula is C36H55NO10. The molecular weight excluding hydrogens is 606 g/mol. The SMILES string of the molecule is CC(C)CCCCC(=O)CCCCCC/C=C/[C@@H](C(=O)N[C@@H](Cc1ccc(OCCC(C)C)cc1)C(=O)O)[C@@](O)(CC(=O)O)C(=O)O. The molecule has 0 saturated carbocycles. The normalized spacial score (nSPS) is 14.1. The van der Waals surface area contributed by atoms with Gasteiger partial charge in [0.25, 0.3) is 0 Å². The van der Waals surface area contributed by atoms with Crippen molar-refractivity contribution in [2.24, 2.45) is 17.8 Å². The number of ketones is 1. The minimum absolute atomic E-state index is 0.144. The molecule has 0 aliphatic rings. The van der Waals surface area contributed by atoms with Crippen molar-refractivity contribution in [2.75, 3.05) is 6.61 Å². The lowest BCUT2D eigenvalue weighted by Crippen LogP contribution is -2.55. The monoisotopic (exact) mass is 661 g/mol. The van der Waals surface area contributed by atoms with Gasteiger partial charge in [-0.25, -0.2) is 9.59 Å². The summed E-state index contributed by atoms with van der Waals surface area (Å²) in [6.07, 6.45) is 9.73. The number of nitrogens with one attached hydrogen (secondary N) is 1. The van der Waals surface area contributed by atoms with Crippen molar-refractivity contribution in [2.45, 2.75) is 123 Å². The number of amides is 1. The largest absolute Gasteiger partial charge is 0.494 e. The van der Waals surface area contributed by atoms with E-state index in [1.165, 1.54) is 6.08 Å². The van der Waals surface area contributed by atoms with E-state index in [0.717, 1.165) is 51.0 Å². The number of rotatable bonds is 26. The van der Waals surface area contributed by atoms with E-state index in [4.69, 9.17) is 4.74 Å². The molecule has 0 radical (unpaired) electrons. The molecule has 264 valence electrons. The summed E-state index contributed by atoms with van der Waals surface area (Å²) in [5, 5.41) is 42.1. The van der Waals surface area contributed by atoms with Crippen LogP contribution in [0.25, 0.3) is 0 Å². The van der Waals surface area contributed by atoms with E-state index in [1.54, 1.807) is 24.3 Å². The summed E-state index contributed by atoms with van der Waals surface area (Å²) in [4.78, 5) is 61.0. The van der Waals surface area contributed by atoms with Crippen LogP contribution in [0.1, 0.15) is 110 Å². The van der Waals surface area contributed by atoms with Crippen LogP contribution in [0.15, 0.2) is 36.4 Å². The van der Waals surface area contributed by atoms with Crippen LogP contribution < -0.4 is 10.1 Å². The first-order chi connectivity index (χ1) is 22.1. The van der Waals surface area contributed by atoms with Crippen LogP contribution in [-0.2, 0) is 30.4 Å². The molecule has 1 aromatic carbocycles. The predicted octanol–water partition coefficient (Wildman–Crippen LogP) is 5.81. The highest BCUT2D eigenvalue weighted by Crippen LogP contribution is 2.26. The summed E-state index contributed by atoms with van der Waals surface area (Å²) in [7, 11) is 0. The van der Waals surface area contributed by atoms with Gasteiger partial charge in [-0.1, -0.05) is 77.7 Å². The van der Waals surface area contributed by atoms with Gasteiger partial charge in [-0.05, 0) is 61.6 Å². The average Bonchev–Trinajstić information content (AvgIpc) is 2.98. The van der Waals surface area contributed by atoms with Crippen LogP contribution in [0.4, 0.5) is 0 Å². The van der Waals surface area contributed by atoms with Gasteiger partial charge < -0.3 is 30.5 Å². The van der Waals surface area contributed by atoms with Gasteiger partial charge in [0, 0.05) is 19.3 Å². The van der Waals surface area contributed by atoms with Crippen molar-refractivity contribution in [3.63, 3.8) is 0 Å². The fourth-order valence-corrected chi connectivity index (χ4v) is 5.01. The highest BCUT2D eigenvalue weighted by Gasteiger charge is 2.49. The van der Waals surface area contributed by atoms with Gasteiger partial charge in [0.1, 0.15) is 17.6 Å². The number of hydrogen-bond acceptors (Lipinski definition) is 7. The summed E-state index contributed by atoms with van der Waals surface area (Å²) in [6, 6.07) is 5.21. The van der Waals surface area contributed by atoms with Gasteiger partial charge in [0.2, 0.25) is 5.91 Å². The van der Waals surface area contributed by atoms with Gasteiger partial charge in [-0.2, -0.15) is 0 Å². The first kappa shape index (κ1) is 41.3. The molecule has 47 heavy (non-hydrogen) atoms. The molecule has 11 heteroatoms. The van der Waals surface area contributed by atoms with Crippen LogP contribution in [-0.4, -0.2) is 68.3 Å². The standard InChI is InChI=1S/C36H55NO10/c1-25(2)13-11-12-15-28(38)14-9-7-5-6-8-10-16-30(36(46,35(44)45)24-32(39)40)33(41)37-31(34(42)43)23-27-17-19-29(20-18-27)47-22-21-26(3)4/h10,16-20,25-26,30-31,46H,5-9,11-15,21-24H2,1-4H3,(H,37,41)(H,39,40)(H,42,43)(H,44,45)/b16-10+/t30-,31-,36-/m0/s1. The number of aliphatic hydroxyl groups is 1. The van der Waals surface area contributed by atoms with Crippen molar-refractivity contribution in [3.05, 3.63) is 42.0 Å². The number of hydrogen-bond donors (Lipinski definition) is 5. The lowest BCUT2D eigenvalue weighted by molar-refractivity contribution is -0.172. The van der Waals surface area contributed by atoms with E-state index in [0.29, 0.717) is 55.4 Å². The van der Waals surface area contributed by atoms with Crippen LogP contribution in [0, 0.1) is 17.8 Å². The highest BCUT2D eigenvalue weighted by molar-refractivity contribution is 5.94. The third-order valence-electron chi connectivity index (χ3n) is 7.92. The Bertz CT molecular complexity index is 1160. The molecule has 1 aromatic rings. The van der Waals surface area contributed by atoms with E-state index in [2.05, 4.69) is 33.0 Å². The number of carboxylic acids is 3. The van der Waals surface area contributed by atoms with E-state index >= 15 is 0 Å². The summed E-state index contributed by atoms with van der Waals surface area (Å²) < 4.78 is 5.68. The van der Waals surface area contributed by atoms with Crippen LogP contribution in [0.5, 0.6) is 5.75 Å². The number of carbonyl (C=O) groups is 5. The Morgan fingerprint density at radius 2 is 1.43 bits per heavy atom. The highest BCUT2D eigenvalue weighted by atomic mass is 16.5. The molecule has 0 saturated heterocycles. The van der Waals surface area contributed by atoms with Crippen molar-refractivity contribution >= 4 is 29.6 Å². The molecule has 11 nitrogen and oxygen atoms in total. The average molecular weight is 662 g/mol. The Morgan fingerprint density at radius 3 is 1.98 bits per heavy atom. The lowest BCUT2D eigenvalue weighted by atomic mass is 9.82. The molecule has 0 unspecified atom stereocenters. The van der Waals surface area contributed by atoms with E-state index in [9.17, 15) is 44.4 Å². The second-order valence-corrected chi connectivity index (χ2v) is 13.1. The molecule has 1 amide bonds. The fourth-order valence-electron chi connectivity index (χ4n) is 5.01. The maximum atomic E-state index is 13.3. The number of benzene rings is 1. The zero-order valence-electron chi connectivity index (χ0n) is 28.4. The van der Waals surface area contributed by atoms with Crippen molar-refractivity contribution in [1.29, 1.82) is 0 Å². The number of aliphatic carboxylic acids is 3. The Labute approximate surface area is 278 Å². The number of Topliss-reactive ketones (excluding diaryl/α,β-unsaturated/α-hetero) is 1. The molecule has 0 aliphatic carbocycles. The van der Waals surface area contributed by atoms with E-state index in [1.807, 2.05) is 0 Å². The Hall–Kier alpha value is -3.73. The molecule has 3 atom stereocenters. The minimum Gasteiger partial charge on any atom is -0.494 e. The first-order valence-corrected chi connectivity index (χ1v) is 16.8. The van der Waals surface area contributed by atoms with Crippen molar-refractivity contribution in [3.8, 4) is 5.75 Å². The van der Waals surface area contributed by atoms with E-state index < -0.39 is 47.8 Å². The molecule has 0 aliphatic heterocycles. The molecule has 1 rings (SSSR count). The van der Waals surface area contributed by atoms with Crippen LogP contribution in [0.2, 0.25) is 0 Å². The maximum Gasteiger partial charge on any atom is 0.337 e. The van der Waals surface area contributed by atoms with E-state index in [-0.39, 0.29) is 12.2 Å². The van der Waals surface area contributed by atoms with Gasteiger partial charge in [-0.15, -0.1) is 0 Å². The fraction of sp³-hybridized carbons (Fsp3) is 0.639. The number of allylic oxidation sites excluding steroid dienone is 1. The molecule has 0 spiro atoms. The smallest absolute Gasteiger partial charge is 0.337 e. The quantitative estimate of drug-likeness (QED) is 0.0599. The summed E-state index contributed by atoms with van der Waals surface area (Å²) in [6.45, 7) is 9.02. The molecule has 0 aromatic heterocycles. The Kier molecular flexibility index (Phi) is 19.3. The minimum atomic E-state index is -3.01. The van der Waals surface area contributed by atoms with Crippen LogP contribution in [0.3, 0.4) is 0 Å². The molecule has 5 N–H and O–H groups in total. The number of carbonyl (C=O) groups excluding carboxylic acids is 2. The van der Waals surface area contributed by atoms with Crippen molar-refractivity contribution < 1.29 is 49.1 Å². The Balaban J connectivity index is 2.83. The number of ether oxygens (including phenoxy) is 1. The zero-order valence-corrected chi connectivity index (χ0v) is 28.4. The Morgan fingerprint density at radius 1 is 0.830 bits per heavy atom. The summed E-state index contributed by atoms with van der Waals surface area (Å²) in [5.41, 5.74) is -2.45. The molecule has 0 bridgehead atoms. The second-order valence-electron chi connectivity index (χ2n) is 13.1. The van der Waals surface area contributed by atoms with Gasteiger partial charge in [0.15, 0.2) is 5.60 Å². The summed E-state index contributed by atoms with van der Waals surface area (Å²) in [5.74, 6) is -5.96. The van der Waals surface area contributed by atoms with Gasteiger partial charge >= 0.3 is 17.9 Å². The van der Waals surface area contributed by atoms with Gasteiger partial charge in [0.05, 0.1) is 18.9 Å². The second kappa shape index (κ2) is 22.0. The van der Waals surface area contributed by atoms with Crippen molar-refractivity contribution in [1.82, 2.24) is 5.32 Å². The third kappa shape index (κ3) is 17.1. The molecule has 0 heterocycles. The first-order valence-electron chi connectivity index (χ1n) is 16.8. The topological polar surface area (TPSA) is 188 Å². The molecule has 0 fully saturated rings. The van der Waals surface area contributed by atoms with Gasteiger partial charge in [-0.3, -0.25) is 14.4 Å². The zero-order chi connectivity index (χ0) is 35.4. The maximum absolute atomic E-state index is 13.3. The van der Waals surface area contributed by atoms with Crippen LogP contribution >= 0.6 is 0 Å².